The molecule has 2 aromatic rings. The third-order valence-corrected chi connectivity index (χ3v) is 4.01. The number of ether oxygens (including phenoxy) is 1. The highest BCUT2D eigenvalue weighted by atomic mass is 16.5. The summed E-state index contributed by atoms with van der Waals surface area (Å²) in [6.45, 7) is 4.38. The lowest BCUT2D eigenvalue weighted by molar-refractivity contribution is 0.0732. The second-order valence-electron chi connectivity index (χ2n) is 5.61. The zero-order chi connectivity index (χ0) is 17.7. The number of nitrogens with zero attached hydrogens (tertiary/aromatic N) is 3. The van der Waals surface area contributed by atoms with E-state index < -0.39 is 0 Å². The number of hydrogen-bond donors (Lipinski definition) is 0. The molecule has 6 nitrogen and oxygen atoms in total. The minimum atomic E-state index is -0.238. The molecule has 0 spiro atoms. The van der Waals surface area contributed by atoms with Gasteiger partial charge in [-0.1, -0.05) is 25.1 Å². The van der Waals surface area contributed by atoms with E-state index in [-0.39, 0.29) is 23.2 Å². The van der Waals surface area contributed by atoms with Crippen molar-refractivity contribution in [1.82, 2.24) is 14.7 Å². The largest absolute Gasteiger partial charge is 0.496 e. The lowest BCUT2D eigenvalue weighted by Crippen LogP contribution is -2.33. The van der Waals surface area contributed by atoms with Crippen molar-refractivity contribution >= 4 is 5.91 Å². The van der Waals surface area contributed by atoms with Gasteiger partial charge >= 0.3 is 0 Å². The smallest absolute Gasteiger partial charge is 0.274 e. The number of para-hydroxylation sites is 1. The van der Waals surface area contributed by atoms with Gasteiger partial charge in [0.15, 0.2) is 0 Å². The van der Waals surface area contributed by atoms with Gasteiger partial charge in [-0.25, -0.2) is 4.68 Å². The second kappa shape index (κ2) is 7.77. The van der Waals surface area contributed by atoms with Gasteiger partial charge in [-0.15, -0.1) is 0 Å². The maximum atomic E-state index is 12.7. The van der Waals surface area contributed by atoms with E-state index in [1.807, 2.05) is 38.1 Å². The van der Waals surface area contributed by atoms with Crippen molar-refractivity contribution in [3.05, 3.63) is 58.0 Å². The van der Waals surface area contributed by atoms with Crippen LogP contribution in [0.3, 0.4) is 0 Å². The van der Waals surface area contributed by atoms with Crippen molar-refractivity contribution in [1.29, 1.82) is 0 Å². The molecule has 1 heterocycles. The molecule has 0 saturated carbocycles. The highest BCUT2D eigenvalue weighted by Crippen LogP contribution is 2.28. The predicted molar refractivity (Wildman–Crippen MR) is 92.3 cm³/mol. The molecule has 0 saturated heterocycles. The number of rotatable bonds is 6. The lowest BCUT2D eigenvalue weighted by atomic mass is 10.1. The molecule has 1 atom stereocenters. The summed E-state index contributed by atoms with van der Waals surface area (Å²) in [6.07, 6.45) is 0.776. The standard InChI is InChI=1S/C18H23N3O3/c1-5-12-21-17(22)11-10-15(19-21)18(23)20(3)13(2)14-8-6-7-9-16(14)24-4/h6-11,13H,5,12H2,1-4H3. The maximum absolute atomic E-state index is 12.7. The summed E-state index contributed by atoms with van der Waals surface area (Å²) < 4.78 is 6.70. The fraction of sp³-hybridized carbons (Fsp3) is 0.389. The average molecular weight is 329 g/mol. The van der Waals surface area contributed by atoms with Crippen LogP contribution < -0.4 is 10.3 Å². The van der Waals surface area contributed by atoms with Gasteiger partial charge in [-0.2, -0.15) is 5.10 Å². The quantitative estimate of drug-likeness (QED) is 0.817. The normalized spacial score (nSPS) is 11.8. The Kier molecular flexibility index (Phi) is 5.73. The van der Waals surface area contributed by atoms with E-state index in [0.717, 1.165) is 17.7 Å². The molecule has 0 radical (unpaired) electrons. The first kappa shape index (κ1) is 17.7. The van der Waals surface area contributed by atoms with E-state index in [1.165, 1.54) is 16.8 Å². The molecule has 2 rings (SSSR count). The topological polar surface area (TPSA) is 64.4 Å². The minimum absolute atomic E-state index is 0.193. The highest BCUT2D eigenvalue weighted by Gasteiger charge is 2.22. The Labute approximate surface area is 141 Å². The molecular formula is C18H23N3O3. The highest BCUT2D eigenvalue weighted by molar-refractivity contribution is 5.92. The molecule has 0 bridgehead atoms. The van der Waals surface area contributed by atoms with E-state index in [2.05, 4.69) is 5.10 Å². The molecule has 128 valence electrons. The monoisotopic (exact) mass is 329 g/mol. The van der Waals surface area contributed by atoms with E-state index in [0.29, 0.717) is 6.54 Å². The summed E-state index contributed by atoms with van der Waals surface area (Å²) >= 11 is 0. The average Bonchev–Trinajstić information content (AvgIpc) is 2.61. The first-order chi connectivity index (χ1) is 11.5. The van der Waals surface area contributed by atoms with Crippen LogP contribution in [0.5, 0.6) is 5.75 Å². The second-order valence-corrected chi connectivity index (χ2v) is 5.61. The molecule has 1 aromatic carbocycles. The third-order valence-electron chi connectivity index (χ3n) is 4.01. The van der Waals surface area contributed by atoms with Gasteiger partial charge in [0.2, 0.25) is 0 Å². The van der Waals surface area contributed by atoms with Gasteiger partial charge in [0.1, 0.15) is 11.4 Å². The molecule has 1 unspecified atom stereocenters. The molecule has 0 fully saturated rings. The van der Waals surface area contributed by atoms with Crippen LogP contribution in [-0.4, -0.2) is 34.7 Å². The van der Waals surface area contributed by atoms with Crippen LogP contribution in [0.4, 0.5) is 0 Å². The van der Waals surface area contributed by atoms with Crippen molar-refractivity contribution in [3.8, 4) is 5.75 Å². The van der Waals surface area contributed by atoms with Crippen molar-refractivity contribution in [2.45, 2.75) is 32.9 Å². The van der Waals surface area contributed by atoms with Crippen molar-refractivity contribution in [2.24, 2.45) is 0 Å². The Morgan fingerprint density at radius 3 is 2.67 bits per heavy atom. The van der Waals surface area contributed by atoms with E-state index in [4.69, 9.17) is 4.74 Å². The Hall–Kier alpha value is -2.63. The Morgan fingerprint density at radius 2 is 2.00 bits per heavy atom. The minimum Gasteiger partial charge on any atom is -0.496 e. The molecule has 1 aromatic heterocycles. The van der Waals surface area contributed by atoms with Crippen LogP contribution in [-0.2, 0) is 6.54 Å². The zero-order valence-electron chi connectivity index (χ0n) is 14.5. The van der Waals surface area contributed by atoms with Gasteiger partial charge in [0.25, 0.3) is 11.5 Å². The fourth-order valence-corrected chi connectivity index (χ4v) is 2.51. The van der Waals surface area contributed by atoms with Gasteiger partial charge in [-0.3, -0.25) is 9.59 Å². The Morgan fingerprint density at radius 1 is 1.29 bits per heavy atom. The number of amides is 1. The predicted octanol–water partition coefficient (Wildman–Crippen LogP) is 2.50. The summed E-state index contributed by atoms with van der Waals surface area (Å²) in [5, 5.41) is 4.18. The lowest BCUT2D eigenvalue weighted by Gasteiger charge is -2.26. The van der Waals surface area contributed by atoms with Crippen LogP contribution in [0.25, 0.3) is 0 Å². The fourth-order valence-electron chi connectivity index (χ4n) is 2.51. The van der Waals surface area contributed by atoms with E-state index in [9.17, 15) is 9.59 Å². The van der Waals surface area contributed by atoms with Gasteiger partial charge < -0.3 is 9.64 Å². The maximum Gasteiger partial charge on any atom is 0.274 e. The summed E-state index contributed by atoms with van der Waals surface area (Å²) in [5.74, 6) is 0.492. The van der Waals surface area contributed by atoms with Crippen LogP contribution in [0.1, 0.15) is 42.4 Å². The van der Waals surface area contributed by atoms with E-state index in [1.54, 1.807) is 19.1 Å². The first-order valence-corrected chi connectivity index (χ1v) is 7.97. The summed E-state index contributed by atoms with van der Waals surface area (Å²) in [7, 11) is 3.33. The molecular weight excluding hydrogens is 306 g/mol. The molecule has 0 N–H and O–H groups in total. The van der Waals surface area contributed by atoms with E-state index >= 15 is 0 Å². The number of carbonyl (C=O) groups excluding carboxylic acids is 1. The van der Waals surface area contributed by atoms with Gasteiger partial charge in [-0.05, 0) is 25.5 Å². The van der Waals surface area contributed by atoms with Crippen LogP contribution in [0.2, 0.25) is 0 Å². The Bertz CT molecular complexity index is 770. The van der Waals surface area contributed by atoms with Crippen LogP contribution in [0.15, 0.2) is 41.2 Å². The summed E-state index contributed by atoms with van der Waals surface area (Å²) in [5.41, 5.74) is 0.971. The van der Waals surface area contributed by atoms with Crippen molar-refractivity contribution in [3.63, 3.8) is 0 Å². The number of hydrogen-bond acceptors (Lipinski definition) is 4. The molecule has 0 aliphatic heterocycles. The number of methoxy groups -OCH3 is 1. The number of carbonyl (C=O) groups is 1. The van der Waals surface area contributed by atoms with Crippen LogP contribution in [0, 0.1) is 0 Å². The molecule has 0 aliphatic rings. The molecule has 6 heteroatoms. The summed E-state index contributed by atoms with van der Waals surface area (Å²) in [4.78, 5) is 26.1. The number of aryl methyl sites for hydroxylation is 1. The van der Waals surface area contributed by atoms with Crippen molar-refractivity contribution in [2.75, 3.05) is 14.2 Å². The van der Waals surface area contributed by atoms with Crippen molar-refractivity contribution < 1.29 is 9.53 Å². The number of benzene rings is 1. The zero-order valence-corrected chi connectivity index (χ0v) is 14.5. The third kappa shape index (κ3) is 3.64. The van der Waals surface area contributed by atoms with Gasteiger partial charge in [0.05, 0.1) is 13.2 Å². The Balaban J connectivity index is 2.29. The molecule has 1 amide bonds. The number of aromatic nitrogens is 2. The first-order valence-electron chi connectivity index (χ1n) is 7.97. The molecule has 24 heavy (non-hydrogen) atoms. The SMILES string of the molecule is CCCn1nc(C(=O)N(C)C(C)c2ccccc2OC)ccc1=O. The van der Waals surface area contributed by atoms with Crippen LogP contribution >= 0.6 is 0 Å². The molecule has 0 aliphatic carbocycles. The van der Waals surface area contributed by atoms with Gasteiger partial charge in [0, 0.05) is 25.2 Å². The summed E-state index contributed by atoms with van der Waals surface area (Å²) in [6, 6.07) is 10.3.